The van der Waals surface area contributed by atoms with E-state index in [0.717, 1.165) is 11.1 Å². The summed E-state index contributed by atoms with van der Waals surface area (Å²) in [5, 5.41) is 6.51. The number of halogens is 1. The summed E-state index contributed by atoms with van der Waals surface area (Å²) in [6.45, 7) is 1.90. The lowest BCUT2D eigenvalue weighted by molar-refractivity contribution is -0.123. The highest BCUT2D eigenvalue weighted by molar-refractivity contribution is 6.30. The van der Waals surface area contributed by atoms with Gasteiger partial charge in [-0.1, -0.05) is 72.3 Å². The molecule has 0 heterocycles. The molecule has 0 fully saturated rings. The molecule has 3 aromatic carbocycles. The van der Waals surface area contributed by atoms with E-state index in [-0.39, 0.29) is 17.9 Å². The average Bonchev–Trinajstić information content (AvgIpc) is 2.75. The first-order valence-corrected chi connectivity index (χ1v) is 9.86. The highest BCUT2D eigenvalue weighted by Crippen LogP contribution is 2.16. The molecule has 0 radical (unpaired) electrons. The summed E-state index contributed by atoms with van der Waals surface area (Å²) in [5.74, 6) is -0.513. The Balaban J connectivity index is 1.75. The molecule has 29 heavy (non-hydrogen) atoms. The number of nitrogens with one attached hydrogen (secondary N) is 2. The largest absolute Gasteiger partial charge is 0.348 e. The SMILES string of the molecule is C[C@H](NC(=O)[C@H](Cc1ccccc1)NC(=O)c1ccccc1)c1ccc(Cl)cc1. The Morgan fingerprint density at radius 3 is 2.03 bits per heavy atom. The van der Waals surface area contributed by atoms with Gasteiger partial charge in [0.15, 0.2) is 0 Å². The molecule has 3 aromatic rings. The van der Waals surface area contributed by atoms with Crippen LogP contribution in [0.25, 0.3) is 0 Å². The van der Waals surface area contributed by atoms with Crippen LogP contribution in [0.3, 0.4) is 0 Å². The molecule has 2 amide bonds. The van der Waals surface area contributed by atoms with Crippen LogP contribution < -0.4 is 10.6 Å². The molecule has 0 aliphatic carbocycles. The summed E-state index contributed by atoms with van der Waals surface area (Å²) in [6, 6.07) is 24.9. The first kappa shape index (κ1) is 20.6. The molecule has 0 spiro atoms. The van der Waals surface area contributed by atoms with Gasteiger partial charge in [0.25, 0.3) is 5.91 Å². The molecule has 0 aromatic heterocycles. The highest BCUT2D eigenvalue weighted by atomic mass is 35.5. The van der Waals surface area contributed by atoms with Gasteiger partial charge in [-0.3, -0.25) is 9.59 Å². The zero-order valence-corrected chi connectivity index (χ0v) is 16.9. The Hall–Kier alpha value is -3.11. The summed E-state index contributed by atoms with van der Waals surface area (Å²) in [7, 11) is 0. The van der Waals surface area contributed by atoms with Crippen molar-refractivity contribution in [3.05, 3.63) is 107 Å². The van der Waals surface area contributed by atoms with Crippen LogP contribution in [0.2, 0.25) is 5.02 Å². The lowest BCUT2D eigenvalue weighted by atomic mass is 10.0. The van der Waals surface area contributed by atoms with Crippen molar-refractivity contribution in [2.45, 2.75) is 25.4 Å². The van der Waals surface area contributed by atoms with Crippen LogP contribution in [-0.2, 0) is 11.2 Å². The van der Waals surface area contributed by atoms with E-state index in [2.05, 4.69) is 10.6 Å². The molecule has 0 bridgehead atoms. The summed E-state index contributed by atoms with van der Waals surface area (Å²) in [4.78, 5) is 25.7. The van der Waals surface area contributed by atoms with Gasteiger partial charge in [0.2, 0.25) is 5.91 Å². The van der Waals surface area contributed by atoms with Crippen LogP contribution >= 0.6 is 11.6 Å². The maximum atomic E-state index is 13.0. The monoisotopic (exact) mass is 406 g/mol. The molecule has 5 heteroatoms. The van der Waals surface area contributed by atoms with Gasteiger partial charge < -0.3 is 10.6 Å². The zero-order valence-electron chi connectivity index (χ0n) is 16.1. The van der Waals surface area contributed by atoms with Crippen molar-refractivity contribution in [2.75, 3.05) is 0 Å². The summed E-state index contributed by atoms with van der Waals surface area (Å²) < 4.78 is 0. The van der Waals surface area contributed by atoms with Crippen LogP contribution in [0.5, 0.6) is 0 Å². The van der Waals surface area contributed by atoms with E-state index in [0.29, 0.717) is 17.0 Å². The minimum absolute atomic E-state index is 0.216. The average molecular weight is 407 g/mol. The summed E-state index contributed by atoms with van der Waals surface area (Å²) in [6.07, 6.45) is 0.401. The van der Waals surface area contributed by atoms with Gasteiger partial charge in [0.1, 0.15) is 6.04 Å². The molecular formula is C24H23ClN2O2. The number of hydrogen-bond donors (Lipinski definition) is 2. The van der Waals surface area contributed by atoms with E-state index in [9.17, 15) is 9.59 Å². The first-order chi connectivity index (χ1) is 14.0. The lowest BCUT2D eigenvalue weighted by Crippen LogP contribution is -2.48. The Bertz CT molecular complexity index is 944. The summed E-state index contributed by atoms with van der Waals surface area (Å²) >= 11 is 5.94. The second-order valence-corrected chi connectivity index (χ2v) is 7.30. The number of rotatable bonds is 7. The second-order valence-electron chi connectivity index (χ2n) is 6.86. The van der Waals surface area contributed by atoms with Crippen molar-refractivity contribution in [3.8, 4) is 0 Å². The van der Waals surface area contributed by atoms with Crippen molar-refractivity contribution in [1.82, 2.24) is 10.6 Å². The predicted molar refractivity (Wildman–Crippen MR) is 116 cm³/mol. The molecule has 4 nitrogen and oxygen atoms in total. The molecule has 0 aliphatic rings. The number of carbonyl (C=O) groups excluding carboxylic acids is 2. The smallest absolute Gasteiger partial charge is 0.251 e. The topological polar surface area (TPSA) is 58.2 Å². The van der Waals surface area contributed by atoms with Crippen molar-refractivity contribution >= 4 is 23.4 Å². The molecule has 2 N–H and O–H groups in total. The summed E-state index contributed by atoms with van der Waals surface area (Å²) in [5.41, 5.74) is 2.43. The third-order valence-corrected chi connectivity index (χ3v) is 4.92. The standard InChI is InChI=1S/C24H23ClN2O2/c1-17(19-12-14-21(25)15-13-19)26-24(29)22(16-18-8-4-2-5-9-18)27-23(28)20-10-6-3-7-11-20/h2-15,17,22H,16H2,1H3,(H,26,29)(H,27,28)/t17-,22-/m0/s1. The minimum Gasteiger partial charge on any atom is -0.348 e. The van der Waals surface area contributed by atoms with Crippen LogP contribution in [-0.4, -0.2) is 17.9 Å². The van der Waals surface area contributed by atoms with Gasteiger partial charge in [0.05, 0.1) is 6.04 Å². The number of hydrogen-bond acceptors (Lipinski definition) is 2. The van der Waals surface area contributed by atoms with E-state index in [1.165, 1.54) is 0 Å². The Morgan fingerprint density at radius 1 is 0.828 bits per heavy atom. The van der Waals surface area contributed by atoms with E-state index >= 15 is 0 Å². The Kier molecular flexibility index (Phi) is 7.04. The molecule has 0 aliphatic heterocycles. The fourth-order valence-electron chi connectivity index (χ4n) is 3.04. The van der Waals surface area contributed by atoms with Gasteiger partial charge >= 0.3 is 0 Å². The highest BCUT2D eigenvalue weighted by Gasteiger charge is 2.23. The molecule has 148 valence electrons. The first-order valence-electron chi connectivity index (χ1n) is 9.48. The molecule has 2 atom stereocenters. The third kappa shape index (κ3) is 5.93. The fraction of sp³-hybridized carbons (Fsp3) is 0.167. The van der Waals surface area contributed by atoms with Crippen molar-refractivity contribution in [2.24, 2.45) is 0 Å². The molecular weight excluding hydrogens is 384 g/mol. The van der Waals surface area contributed by atoms with E-state index in [1.807, 2.05) is 55.5 Å². The Labute approximate surface area is 175 Å². The van der Waals surface area contributed by atoms with Gasteiger partial charge in [0, 0.05) is 17.0 Å². The van der Waals surface area contributed by atoms with E-state index in [4.69, 9.17) is 11.6 Å². The van der Waals surface area contributed by atoms with Gasteiger partial charge in [-0.2, -0.15) is 0 Å². The maximum absolute atomic E-state index is 13.0. The predicted octanol–water partition coefficient (Wildman–Crippen LogP) is 4.56. The number of carbonyl (C=O) groups is 2. The second kappa shape index (κ2) is 9.89. The molecule has 3 rings (SSSR count). The van der Waals surface area contributed by atoms with Crippen molar-refractivity contribution in [1.29, 1.82) is 0 Å². The van der Waals surface area contributed by atoms with Crippen LogP contribution in [0.1, 0.15) is 34.5 Å². The van der Waals surface area contributed by atoms with Crippen molar-refractivity contribution in [3.63, 3.8) is 0 Å². The van der Waals surface area contributed by atoms with E-state index < -0.39 is 6.04 Å². The maximum Gasteiger partial charge on any atom is 0.251 e. The van der Waals surface area contributed by atoms with Crippen LogP contribution in [0.15, 0.2) is 84.9 Å². The van der Waals surface area contributed by atoms with Crippen LogP contribution in [0.4, 0.5) is 0 Å². The minimum atomic E-state index is -0.695. The third-order valence-electron chi connectivity index (χ3n) is 4.67. The number of amides is 2. The zero-order chi connectivity index (χ0) is 20.6. The molecule has 0 unspecified atom stereocenters. The number of benzene rings is 3. The quantitative estimate of drug-likeness (QED) is 0.604. The fourth-order valence-corrected chi connectivity index (χ4v) is 3.16. The van der Waals surface area contributed by atoms with Crippen LogP contribution in [0, 0.1) is 0 Å². The lowest BCUT2D eigenvalue weighted by Gasteiger charge is -2.22. The van der Waals surface area contributed by atoms with Gasteiger partial charge in [-0.05, 0) is 42.3 Å². The Morgan fingerprint density at radius 2 is 1.41 bits per heavy atom. The molecule has 0 saturated carbocycles. The molecule has 0 saturated heterocycles. The van der Waals surface area contributed by atoms with Gasteiger partial charge in [-0.15, -0.1) is 0 Å². The normalized spacial score (nSPS) is 12.6. The van der Waals surface area contributed by atoms with Gasteiger partial charge in [-0.25, -0.2) is 0 Å². The van der Waals surface area contributed by atoms with Crippen molar-refractivity contribution < 1.29 is 9.59 Å². The van der Waals surface area contributed by atoms with E-state index in [1.54, 1.807) is 36.4 Å².